The van der Waals surface area contributed by atoms with E-state index in [2.05, 4.69) is 0 Å². The van der Waals surface area contributed by atoms with Crippen molar-refractivity contribution in [1.82, 2.24) is 0 Å². The third-order valence-electron chi connectivity index (χ3n) is 2.70. The highest BCUT2D eigenvalue weighted by atomic mass is 16.6. The fourth-order valence-electron chi connectivity index (χ4n) is 1.75. The van der Waals surface area contributed by atoms with Crippen molar-refractivity contribution in [2.24, 2.45) is 5.41 Å². The van der Waals surface area contributed by atoms with E-state index < -0.39 is 17.0 Å². The van der Waals surface area contributed by atoms with Crippen molar-refractivity contribution in [3.05, 3.63) is 0 Å². The number of rotatable bonds is 6. The molecule has 1 rings (SSSR count). The van der Waals surface area contributed by atoms with Gasteiger partial charge in [-0.15, -0.1) is 0 Å². The molecule has 98 valence electrons. The average molecular weight is 244 g/mol. The van der Waals surface area contributed by atoms with Gasteiger partial charge < -0.3 is 14.2 Å². The molecule has 1 aliphatic heterocycles. The summed E-state index contributed by atoms with van der Waals surface area (Å²) < 4.78 is 15.1. The molecule has 0 spiro atoms. The molecular formula is C12H20O5. The molecule has 1 atom stereocenters. The van der Waals surface area contributed by atoms with E-state index >= 15 is 0 Å². The van der Waals surface area contributed by atoms with Crippen molar-refractivity contribution in [3.63, 3.8) is 0 Å². The van der Waals surface area contributed by atoms with Crippen LogP contribution in [0.4, 0.5) is 0 Å². The second-order valence-electron chi connectivity index (χ2n) is 4.78. The van der Waals surface area contributed by atoms with Gasteiger partial charge in [-0.3, -0.25) is 4.79 Å². The van der Waals surface area contributed by atoms with Gasteiger partial charge in [-0.1, -0.05) is 0 Å². The Morgan fingerprint density at radius 3 is 2.18 bits per heavy atom. The number of hydrogen-bond donors (Lipinski definition) is 0. The highest BCUT2D eigenvalue weighted by Gasteiger charge is 2.57. The summed E-state index contributed by atoms with van der Waals surface area (Å²) in [6.45, 7) is 7.93. The Kier molecular flexibility index (Phi) is 4.14. The Hall–Kier alpha value is -1.10. The molecular weight excluding hydrogens is 224 g/mol. The van der Waals surface area contributed by atoms with Crippen molar-refractivity contribution in [2.75, 3.05) is 19.8 Å². The predicted molar refractivity (Wildman–Crippen MR) is 60.3 cm³/mol. The van der Waals surface area contributed by atoms with Gasteiger partial charge in [0, 0.05) is 6.42 Å². The van der Waals surface area contributed by atoms with Crippen LogP contribution in [0.25, 0.3) is 0 Å². The molecule has 0 amide bonds. The van der Waals surface area contributed by atoms with Gasteiger partial charge in [0.2, 0.25) is 0 Å². The summed E-state index contributed by atoms with van der Waals surface area (Å²) in [6, 6.07) is 0. The van der Waals surface area contributed by atoms with Crippen molar-refractivity contribution < 1.29 is 23.8 Å². The summed E-state index contributed by atoms with van der Waals surface area (Å²) in [7, 11) is 0. The minimum absolute atomic E-state index is 0.289. The Morgan fingerprint density at radius 1 is 1.24 bits per heavy atom. The lowest BCUT2D eigenvalue weighted by molar-refractivity contribution is -0.158. The summed E-state index contributed by atoms with van der Waals surface area (Å²) in [5, 5.41) is 0. The van der Waals surface area contributed by atoms with Gasteiger partial charge >= 0.3 is 11.9 Å². The first-order chi connectivity index (χ1) is 7.88. The molecule has 0 aromatic carbocycles. The molecule has 0 N–H and O–H groups in total. The minimum atomic E-state index is -0.938. The van der Waals surface area contributed by atoms with E-state index in [1.807, 2.05) is 0 Å². The van der Waals surface area contributed by atoms with Crippen LogP contribution in [0.3, 0.4) is 0 Å². The molecule has 1 aliphatic rings. The lowest BCUT2D eigenvalue weighted by Crippen LogP contribution is -2.37. The van der Waals surface area contributed by atoms with Crippen LogP contribution < -0.4 is 0 Å². The fraction of sp³-hybridized carbons (Fsp3) is 0.833. The molecule has 0 bridgehead atoms. The standard InChI is InChI=1S/C12H20O5/c1-5-15-9(13)11(3,4)7-12(8-17-12)10(14)16-6-2/h5-8H2,1-4H3. The lowest BCUT2D eigenvalue weighted by atomic mass is 9.83. The topological polar surface area (TPSA) is 65.1 Å². The van der Waals surface area contributed by atoms with Crippen LogP contribution in [0.15, 0.2) is 0 Å². The van der Waals surface area contributed by atoms with E-state index in [9.17, 15) is 9.59 Å². The van der Waals surface area contributed by atoms with Crippen LogP contribution in [-0.4, -0.2) is 37.4 Å². The van der Waals surface area contributed by atoms with E-state index in [0.29, 0.717) is 19.8 Å². The third-order valence-corrected chi connectivity index (χ3v) is 2.70. The highest BCUT2D eigenvalue weighted by Crippen LogP contribution is 2.41. The Bertz CT molecular complexity index is 286. The minimum Gasteiger partial charge on any atom is -0.466 e. The van der Waals surface area contributed by atoms with Crippen LogP contribution in [-0.2, 0) is 23.8 Å². The molecule has 0 aromatic rings. The van der Waals surface area contributed by atoms with Gasteiger partial charge in [0.1, 0.15) is 0 Å². The summed E-state index contributed by atoms with van der Waals surface area (Å²) in [4.78, 5) is 23.4. The van der Waals surface area contributed by atoms with Crippen molar-refractivity contribution in [3.8, 4) is 0 Å². The molecule has 17 heavy (non-hydrogen) atoms. The summed E-state index contributed by atoms with van der Waals surface area (Å²) in [6.07, 6.45) is 0.289. The Morgan fingerprint density at radius 2 is 1.76 bits per heavy atom. The van der Waals surface area contributed by atoms with Crippen LogP contribution in [0.1, 0.15) is 34.1 Å². The fourth-order valence-corrected chi connectivity index (χ4v) is 1.75. The second-order valence-corrected chi connectivity index (χ2v) is 4.78. The van der Waals surface area contributed by atoms with Gasteiger partial charge in [-0.05, 0) is 27.7 Å². The number of esters is 2. The molecule has 1 heterocycles. The van der Waals surface area contributed by atoms with Crippen molar-refractivity contribution >= 4 is 11.9 Å². The molecule has 1 fully saturated rings. The van der Waals surface area contributed by atoms with Gasteiger partial charge in [0.05, 0.1) is 25.2 Å². The largest absolute Gasteiger partial charge is 0.466 e. The van der Waals surface area contributed by atoms with Crippen LogP contribution in [0.5, 0.6) is 0 Å². The van der Waals surface area contributed by atoms with E-state index in [4.69, 9.17) is 14.2 Å². The molecule has 0 aliphatic carbocycles. The maximum Gasteiger partial charge on any atom is 0.340 e. The van der Waals surface area contributed by atoms with Gasteiger partial charge in [0.25, 0.3) is 0 Å². The average Bonchev–Trinajstić information content (AvgIpc) is 2.99. The van der Waals surface area contributed by atoms with Crippen LogP contribution in [0.2, 0.25) is 0 Å². The monoisotopic (exact) mass is 244 g/mol. The second kappa shape index (κ2) is 5.04. The molecule has 5 nitrogen and oxygen atoms in total. The zero-order valence-corrected chi connectivity index (χ0v) is 10.9. The zero-order chi connectivity index (χ0) is 13.1. The molecule has 0 radical (unpaired) electrons. The highest BCUT2D eigenvalue weighted by molar-refractivity contribution is 5.84. The smallest absolute Gasteiger partial charge is 0.340 e. The SMILES string of the molecule is CCOC(=O)C(C)(C)CC1(C(=O)OCC)CO1. The maximum atomic E-state index is 11.7. The van der Waals surface area contributed by atoms with Crippen LogP contribution >= 0.6 is 0 Å². The van der Waals surface area contributed by atoms with E-state index in [-0.39, 0.29) is 12.4 Å². The van der Waals surface area contributed by atoms with E-state index in [1.165, 1.54) is 0 Å². The van der Waals surface area contributed by atoms with Crippen LogP contribution in [0, 0.1) is 5.41 Å². The summed E-state index contributed by atoms with van der Waals surface area (Å²) in [5.41, 5.74) is -1.69. The molecule has 0 aromatic heterocycles. The first kappa shape index (κ1) is 14.0. The van der Waals surface area contributed by atoms with Crippen molar-refractivity contribution in [1.29, 1.82) is 0 Å². The van der Waals surface area contributed by atoms with E-state index in [0.717, 1.165) is 0 Å². The third kappa shape index (κ3) is 3.19. The molecule has 0 saturated carbocycles. The zero-order valence-electron chi connectivity index (χ0n) is 10.9. The summed E-state index contributed by atoms with van der Waals surface area (Å²) >= 11 is 0. The first-order valence-electron chi connectivity index (χ1n) is 5.86. The van der Waals surface area contributed by atoms with Crippen molar-refractivity contribution in [2.45, 2.75) is 39.7 Å². The molecule has 5 heteroatoms. The maximum absolute atomic E-state index is 11.7. The summed E-state index contributed by atoms with van der Waals surface area (Å²) in [5.74, 6) is -0.712. The van der Waals surface area contributed by atoms with Gasteiger partial charge in [-0.25, -0.2) is 4.79 Å². The Balaban J connectivity index is 2.64. The predicted octanol–water partition coefficient (Wildman–Crippen LogP) is 1.30. The number of carbonyl (C=O) groups excluding carboxylic acids is 2. The molecule has 1 saturated heterocycles. The number of epoxide rings is 1. The first-order valence-corrected chi connectivity index (χ1v) is 5.86. The number of carbonyl (C=O) groups is 2. The van der Waals surface area contributed by atoms with E-state index in [1.54, 1.807) is 27.7 Å². The van der Waals surface area contributed by atoms with Gasteiger partial charge in [-0.2, -0.15) is 0 Å². The Labute approximate surface area is 101 Å². The number of hydrogen-bond acceptors (Lipinski definition) is 5. The van der Waals surface area contributed by atoms with Gasteiger partial charge in [0.15, 0.2) is 5.60 Å². The molecule has 1 unspecified atom stereocenters. The lowest BCUT2D eigenvalue weighted by Gasteiger charge is -2.24. The quantitative estimate of drug-likeness (QED) is 0.520. The normalized spacial score (nSPS) is 23.1. The number of ether oxygens (including phenoxy) is 3.